The second-order valence-electron chi connectivity index (χ2n) is 5.08. The third-order valence-corrected chi connectivity index (χ3v) is 3.98. The minimum Gasteiger partial charge on any atom is -0.321 e. The molecule has 98 valence electrons. The number of benzene rings is 1. The number of aryl methyl sites for hydroxylation is 1. The fraction of sp³-hybridized carbons (Fsp3) is 0.500. The molecule has 0 fully saturated rings. The van der Waals surface area contributed by atoms with E-state index in [1.165, 1.54) is 0 Å². The third-order valence-electron chi connectivity index (χ3n) is 3.49. The van der Waals surface area contributed by atoms with Crippen molar-refractivity contribution in [3.8, 4) is 0 Å². The first kappa shape index (κ1) is 13.7. The highest BCUT2D eigenvalue weighted by molar-refractivity contribution is 6.35. The molecule has 0 saturated carbocycles. The molecule has 0 amide bonds. The molecule has 2 aromatic rings. The molecule has 0 saturated heterocycles. The van der Waals surface area contributed by atoms with Crippen LogP contribution in [0.2, 0.25) is 5.02 Å². The number of fused-ring (bicyclic) bond motifs is 1. The lowest BCUT2D eigenvalue weighted by Crippen LogP contribution is -2.27. The quantitative estimate of drug-likeness (QED) is 0.750. The van der Waals surface area contributed by atoms with Crippen molar-refractivity contribution in [1.29, 1.82) is 0 Å². The van der Waals surface area contributed by atoms with Gasteiger partial charge < -0.3 is 4.57 Å². The summed E-state index contributed by atoms with van der Waals surface area (Å²) in [6.07, 6.45) is 1.77. The molecule has 2 rings (SSSR count). The van der Waals surface area contributed by atoms with Crippen molar-refractivity contribution < 1.29 is 0 Å². The molecule has 1 heterocycles. The minimum absolute atomic E-state index is 0.0128. The van der Waals surface area contributed by atoms with Gasteiger partial charge in [-0.15, -0.1) is 11.6 Å². The average molecular weight is 285 g/mol. The van der Waals surface area contributed by atoms with Crippen molar-refractivity contribution in [1.82, 2.24) is 9.55 Å². The number of alkyl halides is 1. The Morgan fingerprint density at radius 2 is 2.06 bits per heavy atom. The minimum atomic E-state index is -0.0128. The Morgan fingerprint density at radius 1 is 1.33 bits per heavy atom. The van der Waals surface area contributed by atoms with Gasteiger partial charge in [0, 0.05) is 17.8 Å². The normalized spacial score (nSPS) is 12.3. The smallest absolute Gasteiger partial charge is 0.111 e. The van der Waals surface area contributed by atoms with Gasteiger partial charge in [-0.25, -0.2) is 4.98 Å². The highest BCUT2D eigenvalue weighted by Gasteiger charge is 2.25. The maximum atomic E-state index is 6.34. The molecule has 0 bridgehead atoms. The van der Waals surface area contributed by atoms with E-state index in [-0.39, 0.29) is 5.54 Å². The van der Waals surface area contributed by atoms with E-state index in [1.807, 2.05) is 18.2 Å². The zero-order chi connectivity index (χ0) is 13.3. The Kier molecular flexibility index (Phi) is 3.88. The molecular formula is C14H18Cl2N2. The molecule has 0 spiro atoms. The van der Waals surface area contributed by atoms with Crippen LogP contribution in [0.1, 0.15) is 33.0 Å². The Morgan fingerprint density at radius 3 is 2.67 bits per heavy atom. The van der Waals surface area contributed by atoms with E-state index in [0.717, 1.165) is 34.7 Å². The molecule has 0 aliphatic heterocycles. The summed E-state index contributed by atoms with van der Waals surface area (Å²) in [6, 6.07) is 5.85. The zero-order valence-corrected chi connectivity index (χ0v) is 12.5. The lowest BCUT2D eigenvalue weighted by Gasteiger charge is -2.28. The highest BCUT2D eigenvalue weighted by atomic mass is 35.5. The predicted molar refractivity (Wildman–Crippen MR) is 78.8 cm³/mol. The monoisotopic (exact) mass is 284 g/mol. The summed E-state index contributed by atoms with van der Waals surface area (Å²) < 4.78 is 2.24. The first-order chi connectivity index (χ1) is 8.51. The summed E-state index contributed by atoms with van der Waals surface area (Å²) in [4.78, 5) is 4.67. The molecular weight excluding hydrogens is 267 g/mol. The van der Waals surface area contributed by atoms with Gasteiger partial charge in [-0.1, -0.05) is 24.6 Å². The van der Waals surface area contributed by atoms with Crippen LogP contribution >= 0.6 is 23.2 Å². The van der Waals surface area contributed by atoms with Gasteiger partial charge in [0.05, 0.1) is 16.1 Å². The number of halogens is 2. The Bertz CT molecular complexity index is 558. The van der Waals surface area contributed by atoms with Crippen LogP contribution in [-0.2, 0) is 12.0 Å². The zero-order valence-electron chi connectivity index (χ0n) is 11.0. The van der Waals surface area contributed by atoms with Gasteiger partial charge in [0.15, 0.2) is 0 Å². The molecule has 1 aromatic heterocycles. The van der Waals surface area contributed by atoms with Gasteiger partial charge in [0.1, 0.15) is 5.82 Å². The van der Waals surface area contributed by atoms with E-state index >= 15 is 0 Å². The van der Waals surface area contributed by atoms with E-state index in [2.05, 4.69) is 30.3 Å². The second kappa shape index (κ2) is 5.10. The lowest BCUT2D eigenvalue weighted by molar-refractivity contribution is 0.342. The maximum Gasteiger partial charge on any atom is 0.111 e. The number of aromatic nitrogens is 2. The molecule has 2 nitrogen and oxygen atoms in total. The van der Waals surface area contributed by atoms with Crippen LogP contribution < -0.4 is 0 Å². The number of nitrogens with zero attached hydrogens (tertiary/aromatic N) is 2. The standard InChI is InChI=1S/C14H18Cl2N2/c1-4-14(2,3)18-12(8-9-15)17-11-7-5-6-10(16)13(11)18/h5-7H,4,8-9H2,1-3H3. The molecule has 0 aliphatic rings. The number of imidazole rings is 1. The molecule has 0 unspecified atom stereocenters. The van der Waals surface area contributed by atoms with Gasteiger partial charge in [-0.3, -0.25) is 0 Å². The van der Waals surface area contributed by atoms with E-state index < -0.39 is 0 Å². The SMILES string of the molecule is CCC(C)(C)n1c(CCCl)nc2cccc(Cl)c21. The highest BCUT2D eigenvalue weighted by Crippen LogP contribution is 2.32. The van der Waals surface area contributed by atoms with E-state index in [1.54, 1.807) is 0 Å². The molecule has 0 radical (unpaired) electrons. The number of hydrogen-bond donors (Lipinski definition) is 0. The van der Waals surface area contributed by atoms with Crippen LogP contribution in [0.3, 0.4) is 0 Å². The van der Waals surface area contributed by atoms with Gasteiger partial charge in [0.2, 0.25) is 0 Å². The van der Waals surface area contributed by atoms with Crippen molar-refractivity contribution >= 4 is 34.2 Å². The van der Waals surface area contributed by atoms with Crippen molar-refractivity contribution in [3.05, 3.63) is 29.0 Å². The van der Waals surface area contributed by atoms with Crippen molar-refractivity contribution in [2.24, 2.45) is 0 Å². The van der Waals surface area contributed by atoms with Crippen molar-refractivity contribution in [2.45, 2.75) is 39.2 Å². The Balaban J connectivity index is 2.77. The summed E-state index contributed by atoms with van der Waals surface area (Å²) in [5.41, 5.74) is 1.96. The second-order valence-corrected chi connectivity index (χ2v) is 5.86. The Labute approximate surface area is 118 Å². The predicted octanol–water partition coefficient (Wildman–Crippen LogP) is 4.62. The third kappa shape index (κ3) is 2.24. The average Bonchev–Trinajstić information content (AvgIpc) is 2.70. The fourth-order valence-electron chi connectivity index (χ4n) is 2.20. The van der Waals surface area contributed by atoms with Crippen LogP contribution in [-0.4, -0.2) is 15.4 Å². The first-order valence-electron chi connectivity index (χ1n) is 6.23. The summed E-state index contributed by atoms with van der Waals surface area (Å²) in [6.45, 7) is 6.58. The molecule has 18 heavy (non-hydrogen) atoms. The molecule has 1 aromatic carbocycles. The van der Waals surface area contributed by atoms with Crippen LogP contribution in [0, 0.1) is 0 Å². The first-order valence-corrected chi connectivity index (χ1v) is 7.14. The van der Waals surface area contributed by atoms with Crippen LogP contribution in [0.15, 0.2) is 18.2 Å². The van der Waals surface area contributed by atoms with Gasteiger partial charge in [0.25, 0.3) is 0 Å². The van der Waals surface area contributed by atoms with Gasteiger partial charge >= 0.3 is 0 Å². The molecule has 0 atom stereocenters. The van der Waals surface area contributed by atoms with Crippen LogP contribution in [0.5, 0.6) is 0 Å². The molecule has 0 aliphatic carbocycles. The summed E-state index contributed by atoms with van der Waals surface area (Å²) in [5.74, 6) is 1.58. The van der Waals surface area contributed by atoms with Crippen molar-refractivity contribution in [2.75, 3.05) is 5.88 Å². The van der Waals surface area contributed by atoms with E-state index in [0.29, 0.717) is 5.88 Å². The van der Waals surface area contributed by atoms with Crippen molar-refractivity contribution in [3.63, 3.8) is 0 Å². The summed E-state index contributed by atoms with van der Waals surface area (Å²) >= 11 is 12.2. The Hall–Kier alpha value is -0.730. The van der Waals surface area contributed by atoms with Gasteiger partial charge in [-0.05, 0) is 32.4 Å². The van der Waals surface area contributed by atoms with Crippen LogP contribution in [0.4, 0.5) is 0 Å². The maximum absolute atomic E-state index is 6.34. The van der Waals surface area contributed by atoms with Gasteiger partial charge in [-0.2, -0.15) is 0 Å². The largest absolute Gasteiger partial charge is 0.321 e. The molecule has 0 N–H and O–H groups in total. The molecule has 4 heteroatoms. The fourth-order valence-corrected chi connectivity index (χ4v) is 2.62. The number of hydrogen-bond acceptors (Lipinski definition) is 1. The van der Waals surface area contributed by atoms with E-state index in [9.17, 15) is 0 Å². The topological polar surface area (TPSA) is 17.8 Å². The number of para-hydroxylation sites is 1. The number of rotatable bonds is 4. The summed E-state index contributed by atoms with van der Waals surface area (Å²) in [5, 5.41) is 0.752. The lowest BCUT2D eigenvalue weighted by atomic mass is 10.0. The van der Waals surface area contributed by atoms with Crippen LogP contribution in [0.25, 0.3) is 11.0 Å². The van der Waals surface area contributed by atoms with E-state index in [4.69, 9.17) is 23.2 Å². The summed E-state index contributed by atoms with van der Waals surface area (Å²) in [7, 11) is 0.